The number of hydrogen-bond donors (Lipinski definition) is 3. The van der Waals surface area contributed by atoms with Crippen molar-refractivity contribution >= 4 is 40.1 Å². The lowest BCUT2D eigenvalue weighted by atomic mass is 10.0. The van der Waals surface area contributed by atoms with E-state index in [1.807, 2.05) is 36.4 Å². The Hall–Kier alpha value is -4.85. The molecule has 4 aromatic rings. The summed E-state index contributed by atoms with van der Waals surface area (Å²) in [5, 5.41) is 6.34. The van der Waals surface area contributed by atoms with E-state index in [9.17, 15) is 19.2 Å². The molecule has 0 bridgehead atoms. The summed E-state index contributed by atoms with van der Waals surface area (Å²) in [5.41, 5.74) is 8.30. The van der Waals surface area contributed by atoms with Crippen LogP contribution in [0.1, 0.15) is 32.0 Å². The van der Waals surface area contributed by atoms with Gasteiger partial charge in [0.15, 0.2) is 0 Å². The molecule has 3 amide bonds. The van der Waals surface area contributed by atoms with Gasteiger partial charge in [0.1, 0.15) is 11.7 Å². The number of nitrogens with one attached hydrogen (secondary N) is 2. The highest BCUT2D eigenvalue weighted by molar-refractivity contribution is 6.38. The Balaban J connectivity index is 1.48. The maximum atomic E-state index is 13.0. The second-order valence-electron chi connectivity index (χ2n) is 8.32. The van der Waals surface area contributed by atoms with Gasteiger partial charge in [-0.1, -0.05) is 54.6 Å². The first kappa shape index (κ1) is 24.3. The number of amides is 3. The van der Waals surface area contributed by atoms with Crippen LogP contribution in [0.25, 0.3) is 10.9 Å². The first-order valence-electron chi connectivity index (χ1n) is 11.3. The van der Waals surface area contributed by atoms with Gasteiger partial charge in [-0.2, -0.15) is 0 Å². The van der Waals surface area contributed by atoms with E-state index in [1.54, 1.807) is 55.5 Å². The van der Waals surface area contributed by atoms with Crippen LogP contribution in [0.3, 0.4) is 0 Å². The van der Waals surface area contributed by atoms with Crippen molar-refractivity contribution < 1.29 is 19.2 Å². The average molecular weight is 481 g/mol. The molecule has 0 spiro atoms. The van der Waals surface area contributed by atoms with Crippen LogP contribution in [0.15, 0.2) is 84.9 Å². The van der Waals surface area contributed by atoms with Crippen molar-refractivity contribution in [3.05, 3.63) is 107 Å². The lowest BCUT2D eigenvalue weighted by molar-refractivity contribution is -0.137. The zero-order valence-electron chi connectivity index (χ0n) is 19.5. The number of para-hydroxylation sites is 1. The van der Waals surface area contributed by atoms with Crippen molar-refractivity contribution in [1.29, 1.82) is 0 Å². The maximum Gasteiger partial charge on any atom is 0.287 e. The minimum absolute atomic E-state index is 0.125. The maximum absolute atomic E-state index is 13.0. The Kier molecular flexibility index (Phi) is 7.15. The molecule has 1 heterocycles. The number of benzene rings is 3. The number of primary amides is 1. The number of nitrogens with zero attached hydrogens (tertiary/aromatic N) is 1. The number of nitrogens with two attached hydrogens (primary N) is 1. The third-order valence-corrected chi connectivity index (χ3v) is 5.71. The number of rotatable bonds is 8. The second-order valence-corrected chi connectivity index (χ2v) is 8.32. The molecule has 36 heavy (non-hydrogen) atoms. The summed E-state index contributed by atoms with van der Waals surface area (Å²) < 4.78 is 0. The van der Waals surface area contributed by atoms with Gasteiger partial charge in [0, 0.05) is 23.1 Å². The lowest BCUT2D eigenvalue weighted by Gasteiger charge is -2.17. The van der Waals surface area contributed by atoms with E-state index >= 15 is 0 Å². The first-order valence-corrected chi connectivity index (χ1v) is 11.3. The Bertz CT molecular complexity index is 1470. The minimum atomic E-state index is -1.12. The van der Waals surface area contributed by atoms with Gasteiger partial charge in [-0.05, 0) is 48.4 Å². The summed E-state index contributed by atoms with van der Waals surface area (Å²) in [7, 11) is 0. The molecule has 180 valence electrons. The molecule has 1 atom stereocenters. The molecule has 0 aliphatic heterocycles. The van der Waals surface area contributed by atoms with E-state index in [2.05, 4.69) is 15.6 Å². The zero-order valence-corrected chi connectivity index (χ0v) is 19.5. The number of fused-ring (bicyclic) bond motifs is 1. The molecular formula is C28H24N4O4. The highest BCUT2D eigenvalue weighted by atomic mass is 16.2. The van der Waals surface area contributed by atoms with Crippen molar-refractivity contribution in [2.24, 2.45) is 5.73 Å². The fourth-order valence-corrected chi connectivity index (χ4v) is 3.85. The molecule has 0 aliphatic carbocycles. The number of Topliss-reactive ketones (excluding diaryl/α,β-unsaturated/α-hetero) is 1. The standard InChI is InChI=1S/C28H24N4O4/c1-17-15-20(30-28(36)23-14-11-19-9-5-6-10-22(19)31-23)12-13-21(17)27(35)32-24(25(33)26(29)34)16-18-7-3-2-4-8-18/h2-15,24H,16H2,1H3,(H2,29,34)(H,30,36)(H,32,35)/t24-/m0/s1. The molecule has 0 aliphatic rings. The third-order valence-electron chi connectivity index (χ3n) is 5.71. The number of anilines is 1. The number of aryl methyl sites for hydroxylation is 1. The third kappa shape index (κ3) is 5.61. The largest absolute Gasteiger partial charge is 0.363 e. The molecule has 0 saturated carbocycles. The number of aromatic nitrogens is 1. The number of ketones is 1. The molecule has 4 N–H and O–H groups in total. The molecule has 8 nitrogen and oxygen atoms in total. The minimum Gasteiger partial charge on any atom is -0.363 e. The van der Waals surface area contributed by atoms with E-state index in [0.717, 1.165) is 10.9 Å². The summed E-state index contributed by atoms with van der Waals surface area (Å²) in [5.74, 6) is -2.91. The van der Waals surface area contributed by atoms with Gasteiger partial charge in [0.25, 0.3) is 17.7 Å². The van der Waals surface area contributed by atoms with Crippen molar-refractivity contribution in [2.45, 2.75) is 19.4 Å². The summed E-state index contributed by atoms with van der Waals surface area (Å²) in [6, 6.07) is 23.7. The molecular weight excluding hydrogens is 456 g/mol. The van der Waals surface area contributed by atoms with Crippen molar-refractivity contribution in [3.8, 4) is 0 Å². The van der Waals surface area contributed by atoms with Crippen molar-refractivity contribution in [2.75, 3.05) is 5.32 Å². The average Bonchev–Trinajstić information content (AvgIpc) is 2.88. The number of pyridine rings is 1. The van der Waals surface area contributed by atoms with Crippen LogP contribution in [0, 0.1) is 6.92 Å². The van der Waals surface area contributed by atoms with Crippen LogP contribution in [0.2, 0.25) is 0 Å². The van der Waals surface area contributed by atoms with Gasteiger partial charge in [-0.25, -0.2) is 4.98 Å². The van der Waals surface area contributed by atoms with Gasteiger partial charge in [0.2, 0.25) is 5.78 Å². The first-order chi connectivity index (χ1) is 17.3. The Morgan fingerprint density at radius 2 is 1.58 bits per heavy atom. The molecule has 8 heteroatoms. The number of carbonyl (C=O) groups is 4. The van der Waals surface area contributed by atoms with E-state index in [-0.39, 0.29) is 18.0 Å². The molecule has 0 fully saturated rings. The van der Waals surface area contributed by atoms with Crippen LogP contribution in [-0.2, 0) is 16.0 Å². The fraction of sp³-hybridized carbons (Fsp3) is 0.107. The molecule has 1 aromatic heterocycles. The summed E-state index contributed by atoms with van der Waals surface area (Å²) in [6.07, 6.45) is 0.125. The molecule has 0 unspecified atom stereocenters. The van der Waals surface area contributed by atoms with E-state index in [0.29, 0.717) is 22.3 Å². The van der Waals surface area contributed by atoms with E-state index < -0.39 is 23.6 Å². The molecule has 3 aromatic carbocycles. The predicted octanol–water partition coefficient (Wildman–Crippen LogP) is 3.19. The fourth-order valence-electron chi connectivity index (χ4n) is 3.85. The van der Waals surface area contributed by atoms with Crippen molar-refractivity contribution in [3.63, 3.8) is 0 Å². The zero-order chi connectivity index (χ0) is 25.7. The van der Waals surface area contributed by atoms with Gasteiger partial charge in [-0.15, -0.1) is 0 Å². The topological polar surface area (TPSA) is 131 Å². The lowest BCUT2D eigenvalue weighted by Crippen LogP contribution is -2.47. The van der Waals surface area contributed by atoms with Crippen molar-refractivity contribution in [1.82, 2.24) is 10.3 Å². The quantitative estimate of drug-likeness (QED) is 0.333. The molecule has 0 radical (unpaired) electrons. The van der Waals surface area contributed by atoms with Crippen LogP contribution < -0.4 is 16.4 Å². The monoisotopic (exact) mass is 480 g/mol. The molecule has 4 rings (SSSR count). The second kappa shape index (κ2) is 10.6. The predicted molar refractivity (Wildman–Crippen MR) is 136 cm³/mol. The normalized spacial score (nSPS) is 11.5. The highest BCUT2D eigenvalue weighted by Gasteiger charge is 2.26. The van der Waals surface area contributed by atoms with Gasteiger partial charge in [0.05, 0.1) is 5.52 Å². The SMILES string of the molecule is Cc1cc(NC(=O)c2ccc3ccccc3n2)ccc1C(=O)N[C@@H](Cc1ccccc1)C(=O)C(N)=O. The van der Waals surface area contributed by atoms with Crippen LogP contribution in [-0.4, -0.2) is 34.5 Å². The van der Waals surface area contributed by atoms with Gasteiger partial charge in [-0.3, -0.25) is 19.2 Å². The van der Waals surface area contributed by atoms with Crippen LogP contribution in [0.4, 0.5) is 5.69 Å². The van der Waals surface area contributed by atoms with E-state index in [1.165, 1.54) is 0 Å². The Labute approximate surface area is 207 Å². The van der Waals surface area contributed by atoms with E-state index in [4.69, 9.17) is 5.73 Å². The smallest absolute Gasteiger partial charge is 0.287 e. The summed E-state index contributed by atoms with van der Waals surface area (Å²) in [6.45, 7) is 1.71. The number of hydrogen-bond acceptors (Lipinski definition) is 5. The highest BCUT2D eigenvalue weighted by Crippen LogP contribution is 2.18. The van der Waals surface area contributed by atoms with Gasteiger partial charge >= 0.3 is 0 Å². The van der Waals surface area contributed by atoms with Crippen LogP contribution >= 0.6 is 0 Å². The summed E-state index contributed by atoms with van der Waals surface area (Å²) in [4.78, 5) is 53.9. The number of carbonyl (C=O) groups excluding carboxylic acids is 4. The van der Waals surface area contributed by atoms with Gasteiger partial charge < -0.3 is 16.4 Å². The van der Waals surface area contributed by atoms with Crippen LogP contribution in [0.5, 0.6) is 0 Å². The molecule has 0 saturated heterocycles. The Morgan fingerprint density at radius 1 is 0.861 bits per heavy atom. The Morgan fingerprint density at radius 3 is 2.31 bits per heavy atom. The summed E-state index contributed by atoms with van der Waals surface area (Å²) >= 11 is 0.